The largest absolute Gasteiger partial charge is 0.365 e. The van der Waals surface area contributed by atoms with Gasteiger partial charge in [0.15, 0.2) is 23.3 Å². The van der Waals surface area contributed by atoms with Crippen molar-refractivity contribution in [3.8, 4) is 0 Å². The fourth-order valence-electron chi connectivity index (χ4n) is 3.04. The van der Waals surface area contributed by atoms with Gasteiger partial charge in [-0.3, -0.25) is 5.10 Å². The first-order valence-corrected chi connectivity index (χ1v) is 8.42. The van der Waals surface area contributed by atoms with Gasteiger partial charge in [0.1, 0.15) is 11.9 Å². The molecule has 1 aliphatic carbocycles. The monoisotopic (exact) mass is 332 g/mol. The Balaban J connectivity index is 1.35. The maximum Gasteiger partial charge on any atom is 0.186 e. The lowest BCUT2D eigenvalue weighted by molar-refractivity contribution is 0.0471. The molecule has 8 heteroatoms. The van der Waals surface area contributed by atoms with Gasteiger partial charge in [-0.1, -0.05) is 0 Å². The van der Waals surface area contributed by atoms with Crippen LogP contribution < -0.4 is 5.32 Å². The summed E-state index contributed by atoms with van der Waals surface area (Å²) < 4.78 is 20.1. The molecule has 2 fully saturated rings. The van der Waals surface area contributed by atoms with Gasteiger partial charge >= 0.3 is 0 Å². The second-order valence-electron chi connectivity index (χ2n) is 6.58. The van der Waals surface area contributed by atoms with Crippen LogP contribution in [0, 0.1) is 19.7 Å². The fraction of sp³-hybridized carbons (Fsp3) is 0.625. The Morgan fingerprint density at radius 2 is 2.00 bits per heavy atom. The van der Waals surface area contributed by atoms with Crippen LogP contribution in [0.2, 0.25) is 0 Å². The van der Waals surface area contributed by atoms with Crippen LogP contribution in [0.5, 0.6) is 0 Å². The number of nitrogens with zero attached hydrogens (tertiary/aromatic N) is 4. The molecule has 2 aliphatic rings. The number of ether oxygens (including phenoxy) is 1. The third-order valence-electron chi connectivity index (χ3n) is 4.50. The van der Waals surface area contributed by atoms with E-state index in [1.807, 2.05) is 0 Å². The SMILES string of the molecule is Cc1nc(C)c(F)c(NC[C@H]2CC[C@@H](c3nc(C4CC4)n[nH]3)O2)n1. The van der Waals surface area contributed by atoms with Gasteiger partial charge in [0.05, 0.1) is 11.8 Å². The number of hydrogen-bond donors (Lipinski definition) is 2. The summed E-state index contributed by atoms with van der Waals surface area (Å²) in [5, 5.41) is 10.3. The van der Waals surface area contributed by atoms with Crippen LogP contribution in [0.1, 0.15) is 60.9 Å². The van der Waals surface area contributed by atoms with Gasteiger partial charge in [-0.15, -0.1) is 0 Å². The molecular formula is C16H21FN6O. The Bertz CT molecular complexity index is 744. The summed E-state index contributed by atoms with van der Waals surface area (Å²) in [6.07, 6.45) is 4.07. The minimum Gasteiger partial charge on any atom is -0.365 e. The number of aromatic nitrogens is 5. The summed E-state index contributed by atoms with van der Waals surface area (Å²) in [4.78, 5) is 12.7. The molecule has 2 N–H and O–H groups in total. The molecule has 0 amide bonds. The summed E-state index contributed by atoms with van der Waals surface area (Å²) in [6, 6.07) is 0. The van der Waals surface area contributed by atoms with Crippen LogP contribution in [0.25, 0.3) is 0 Å². The smallest absolute Gasteiger partial charge is 0.186 e. The molecule has 7 nitrogen and oxygen atoms in total. The van der Waals surface area contributed by atoms with Crippen molar-refractivity contribution in [2.45, 2.75) is 57.7 Å². The van der Waals surface area contributed by atoms with Gasteiger partial charge < -0.3 is 10.1 Å². The molecule has 1 saturated carbocycles. The Morgan fingerprint density at radius 3 is 2.79 bits per heavy atom. The minimum absolute atomic E-state index is 0.000507. The molecule has 0 unspecified atom stereocenters. The molecule has 2 aromatic rings. The molecule has 2 atom stereocenters. The van der Waals surface area contributed by atoms with E-state index in [1.165, 1.54) is 12.8 Å². The van der Waals surface area contributed by atoms with Gasteiger partial charge in [-0.25, -0.2) is 19.3 Å². The second kappa shape index (κ2) is 6.08. The first-order chi connectivity index (χ1) is 11.6. The van der Waals surface area contributed by atoms with Gasteiger partial charge in [0, 0.05) is 12.5 Å². The van der Waals surface area contributed by atoms with Gasteiger partial charge in [-0.2, -0.15) is 5.10 Å². The maximum absolute atomic E-state index is 14.0. The van der Waals surface area contributed by atoms with E-state index < -0.39 is 5.82 Å². The predicted molar refractivity (Wildman–Crippen MR) is 85.2 cm³/mol. The minimum atomic E-state index is -0.403. The molecule has 0 bridgehead atoms. The Kier molecular flexibility index (Phi) is 3.91. The lowest BCUT2D eigenvalue weighted by Gasteiger charge is -2.14. The molecule has 3 heterocycles. The number of aryl methyl sites for hydroxylation is 2. The van der Waals surface area contributed by atoms with Gasteiger partial charge in [-0.05, 0) is 39.5 Å². The Morgan fingerprint density at radius 1 is 1.17 bits per heavy atom. The van der Waals surface area contributed by atoms with Crippen LogP contribution in [0.3, 0.4) is 0 Å². The standard InChI is InChI=1S/C16H21FN6O/c1-8-13(17)16(20-9(2)19-8)18-7-11-5-6-12(24-11)15-21-14(22-23-15)10-3-4-10/h10-12H,3-7H2,1-2H3,(H,18,19,20)(H,21,22,23)/t11-,12+/m1/s1. The van der Waals surface area contributed by atoms with Crippen LogP contribution in [0.15, 0.2) is 0 Å². The van der Waals surface area contributed by atoms with E-state index in [-0.39, 0.29) is 18.0 Å². The zero-order valence-corrected chi connectivity index (χ0v) is 13.8. The normalized spacial score (nSPS) is 23.6. The molecule has 0 radical (unpaired) electrons. The third kappa shape index (κ3) is 3.10. The van der Waals surface area contributed by atoms with Crippen molar-refractivity contribution in [1.82, 2.24) is 25.1 Å². The van der Waals surface area contributed by atoms with Gasteiger partial charge in [0.25, 0.3) is 0 Å². The maximum atomic E-state index is 14.0. The zero-order valence-electron chi connectivity index (χ0n) is 13.8. The second-order valence-corrected chi connectivity index (χ2v) is 6.58. The lowest BCUT2D eigenvalue weighted by Crippen LogP contribution is -2.21. The zero-order chi connectivity index (χ0) is 16.7. The Hall–Kier alpha value is -2.09. The first kappa shape index (κ1) is 15.4. The van der Waals surface area contributed by atoms with Crippen molar-refractivity contribution >= 4 is 5.82 Å². The summed E-state index contributed by atoms with van der Waals surface area (Å²) in [6.45, 7) is 3.90. The predicted octanol–water partition coefficient (Wildman–Crippen LogP) is 2.56. The van der Waals surface area contributed by atoms with Crippen LogP contribution in [0.4, 0.5) is 10.2 Å². The van der Waals surface area contributed by atoms with E-state index in [9.17, 15) is 4.39 Å². The van der Waals surface area contributed by atoms with E-state index in [0.717, 1.165) is 24.5 Å². The molecule has 2 aromatic heterocycles. The summed E-state index contributed by atoms with van der Waals surface area (Å²) in [5.74, 6) is 2.63. The van der Waals surface area contributed by atoms with Crippen molar-refractivity contribution in [3.63, 3.8) is 0 Å². The van der Waals surface area contributed by atoms with Crippen molar-refractivity contribution in [2.24, 2.45) is 0 Å². The van der Waals surface area contributed by atoms with E-state index in [1.54, 1.807) is 13.8 Å². The third-order valence-corrected chi connectivity index (χ3v) is 4.50. The summed E-state index contributed by atoms with van der Waals surface area (Å²) >= 11 is 0. The highest BCUT2D eigenvalue weighted by atomic mass is 19.1. The quantitative estimate of drug-likeness (QED) is 0.875. The number of anilines is 1. The van der Waals surface area contributed by atoms with Crippen molar-refractivity contribution in [1.29, 1.82) is 0 Å². The number of halogens is 1. The highest BCUT2D eigenvalue weighted by molar-refractivity contribution is 5.38. The van der Waals surface area contributed by atoms with Crippen LogP contribution in [-0.2, 0) is 4.74 Å². The number of rotatable bonds is 5. The first-order valence-electron chi connectivity index (χ1n) is 8.42. The van der Waals surface area contributed by atoms with Crippen molar-refractivity contribution < 1.29 is 9.13 Å². The van der Waals surface area contributed by atoms with Gasteiger partial charge in [0.2, 0.25) is 0 Å². The number of nitrogens with one attached hydrogen (secondary N) is 2. The molecule has 24 heavy (non-hydrogen) atoms. The molecule has 0 aromatic carbocycles. The van der Waals surface area contributed by atoms with Crippen LogP contribution in [-0.4, -0.2) is 37.8 Å². The molecule has 0 spiro atoms. The van der Waals surface area contributed by atoms with Crippen molar-refractivity contribution in [2.75, 3.05) is 11.9 Å². The van der Waals surface area contributed by atoms with Crippen molar-refractivity contribution in [3.05, 3.63) is 29.0 Å². The molecule has 4 rings (SSSR count). The lowest BCUT2D eigenvalue weighted by atomic mass is 10.2. The average Bonchev–Trinajstić information content (AvgIpc) is 3.10. The summed E-state index contributed by atoms with van der Waals surface area (Å²) in [7, 11) is 0. The van der Waals surface area contributed by atoms with Crippen LogP contribution >= 0.6 is 0 Å². The summed E-state index contributed by atoms with van der Waals surface area (Å²) in [5.41, 5.74) is 0.351. The highest BCUT2D eigenvalue weighted by Crippen LogP contribution is 2.39. The molecule has 1 saturated heterocycles. The number of aromatic amines is 1. The fourth-order valence-corrected chi connectivity index (χ4v) is 3.04. The van der Waals surface area contributed by atoms with E-state index >= 15 is 0 Å². The molecular weight excluding hydrogens is 311 g/mol. The van der Waals surface area contributed by atoms with E-state index in [4.69, 9.17) is 4.74 Å². The molecule has 1 aliphatic heterocycles. The van der Waals surface area contributed by atoms with E-state index in [2.05, 4.69) is 30.5 Å². The number of hydrogen-bond acceptors (Lipinski definition) is 6. The topological polar surface area (TPSA) is 88.6 Å². The average molecular weight is 332 g/mol. The van der Waals surface area contributed by atoms with E-state index in [0.29, 0.717) is 24.0 Å². The number of H-pyrrole nitrogens is 1. The Labute approximate surface area is 139 Å². The molecule has 128 valence electrons. The highest BCUT2D eigenvalue weighted by Gasteiger charge is 2.32.